The zero-order valence-electron chi connectivity index (χ0n) is 6.62. The Bertz CT molecular complexity index is 450. The highest BCUT2D eigenvalue weighted by Crippen LogP contribution is 2.34. The minimum Gasteiger partial charge on any atom is -0.506 e. The monoisotopic (exact) mass is 274 g/mol. The number of rotatable bonds is 1. The Hall–Kier alpha value is -0.190. The number of aromatic hydroxyl groups is 1. The van der Waals surface area contributed by atoms with Crippen molar-refractivity contribution in [3.8, 4) is 5.75 Å². The first kappa shape index (κ1) is 9.37. The fraction of sp³-hybridized carbons (Fsp3) is 0.111. The fourth-order valence-electron chi connectivity index (χ4n) is 1.20. The van der Waals surface area contributed by atoms with Gasteiger partial charge in [-0.1, -0.05) is 15.9 Å². The third-order valence-corrected chi connectivity index (χ3v) is 3.85. The van der Waals surface area contributed by atoms with E-state index in [0.717, 1.165) is 25.9 Å². The van der Waals surface area contributed by atoms with E-state index in [0.29, 0.717) is 5.75 Å². The summed E-state index contributed by atoms with van der Waals surface area (Å²) in [6, 6.07) is 3.96. The van der Waals surface area contributed by atoms with E-state index in [1.54, 1.807) is 5.38 Å². The van der Waals surface area contributed by atoms with Crippen molar-refractivity contribution in [1.29, 1.82) is 0 Å². The number of thiophene rings is 1. The lowest BCUT2D eigenvalue weighted by molar-refractivity contribution is 0.483. The molecule has 1 heterocycles. The Kier molecular flexibility index (Phi) is 2.53. The molecule has 1 nitrogen and oxygen atoms in total. The summed E-state index contributed by atoms with van der Waals surface area (Å²) in [6.45, 7) is 0. The Balaban J connectivity index is 2.77. The van der Waals surface area contributed by atoms with Gasteiger partial charge < -0.3 is 5.11 Å². The molecule has 4 heteroatoms. The van der Waals surface area contributed by atoms with Crippen LogP contribution in [0.15, 0.2) is 22.4 Å². The van der Waals surface area contributed by atoms with Crippen LogP contribution in [0.4, 0.5) is 0 Å². The summed E-state index contributed by atoms with van der Waals surface area (Å²) in [7, 11) is 0. The first-order valence-electron chi connectivity index (χ1n) is 3.70. The van der Waals surface area contributed by atoms with Crippen LogP contribution in [0, 0.1) is 0 Å². The third kappa shape index (κ3) is 1.58. The standard InChI is InChI=1S/C9H7BrOS2/c10-3-5-1-6-7(11)4-13-9(6)2-8(5)12/h1-2,4,11-12H,3H2. The fourth-order valence-corrected chi connectivity index (χ4v) is 3.08. The molecule has 1 aromatic carbocycles. The van der Waals surface area contributed by atoms with Gasteiger partial charge in [-0.3, -0.25) is 0 Å². The summed E-state index contributed by atoms with van der Waals surface area (Å²) >= 11 is 9.27. The maximum absolute atomic E-state index is 9.49. The SMILES string of the molecule is Oc1csc2cc(S)c(CBr)cc12. The summed E-state index contributed by atoms with van der Waals surface area (Å²) < 4.78 is 1.08. The molecule has 1 N–H and O–H groups in total. The Morgan fingerprint density at radius 1 is 1.46 bits per heavy atom. The highest BCUT2D eigenvalue weighted by Gasteiger charge is 2.06. The van der Waals surface area contributed by atoms with Gasteiger partial charge in [0.1, 0.15) is 5.75 Å². The van der Waals surface area contributed by atoms with E-state index in [2.05, 4.69) is 28.6 Å². The maximum atomic E-state index is 9.49. The molecule has 0 atom stereocenters. The molecule has 0 saturated carbocycles. The number of thiol groups is 1. The van der Waals surface area contributed by atoms with Crippen LogP contribution in [0.25, 0.3) is 10.1 Å². The molecule has 0 fully saturated rings. The lowest BCUT2D eigenvalue weighted by Gasteiger charge is -2.00. The second-order valence-corrected chi connectivity index (χ2v) is 4.69. The summed E-state index contributed by atoms with van der Waals surface area (Å²) in [4.78, 5) is 0.964. The Morgan fingerprint density at radius 3 is 2.92 bits per heavy atom. The van der Waals surface area contributed by atoms with Gasteiger partial charge in [-0.05, 0) is 17.7 Å². The molecule has 0 aliphatic heterocycles. The Labute approximate surface area is 93.9 Å². The average molecular weight is 275 g/mol. The Morgan fingerprint density at radius 2 is 2.23 bits per heavy atom. The largest absolute Gasteiger partial charge is 0.506 e. The number of fused-ring (bicyclic) bond motifs is 1. The van der Waals surface area contributed by atoms with Crippen molar-refractivity contribution < 1.29 is 5.11 Å². The zero-order chi connectivity index (χ0) is 9.42. The minimum absolute atomic E-state index is 0.357. The minimum atomic E-state index is 0.357. The highest BCUT2D eigenvalue weighted by atomic mass is 79.9. The van der Waals surface area contributed by atoms with E-state index >= 15 is 0 Å². The molecule has 0 bridgehead atoms. The van der Waals surface area contributed by atoms with Crippen molar-refractivity contribution >= 4 is 50.0 Å². The van der Waals surface area contributed by atoms with Crippen LogP contribution >= 0.6 is 39.9 Å². The van der Waals surface area contributed by atoms with E-state index in [4.69, 9.17) is 0 Å². The molecular formula is C9H7BrOS2. The number of alkyl halides is 1. The molecule has 0 aliphatic carbocycles. The summed E-state index contributed by atoms with van der Waals surface area (Å²) in [5.74, 6) is 0.357. The summed E-state index contributed by atoms with van der Waals surface area (Å²) in [5, 5.41) is 12.9. The van der Waals surface area contributed by atoms with Crippen LogP contribution in [0.2, 0.25) is 0 Å². The van der Waals surface area contributed by atoms with Gasteiger partial charge in [0.2, 0.25) is 0 Å². The molecule has 0 radical (unpaired) electrons. The highest BCUT2D eigenvalue weighted by molar-refractivity contribution is 9.08. The smallest absolute Gasteiger partial charge is 0.134 e. The number of hydrogen-bond donors (Lipinski definition) is 2. The number of benzene rings is 1. The van der Waals surface area contributed by atoms with Crippen LogP contribution in [0.3, 0.4) is 0 Å². The number of hydrogen-bond acceptors (Lipinski definition) is 3. The zero-order valence-corrected chi connectivity index (χ0v) is 9.92. The van der Waals surface area contributed by atoms with Gasteiger partial charge in [0, 0.05) is 25.7 Å². The van der Waals surface area contributed by atoms with Crippen molar-refractivity contribution in [1.82, 2.24) is 0 Å². The molecule has 0 aliphatic rings. The van der Waals surface area contributed by atoms with Crippen molar-refractivity contribution in [2.45, 2.75) is 10.2 Å². The van der Waals surface area contributed by atoms with Gasteiger partial charge in [0.05, 0.1) is 0 Å². The van der Waals surface area contributed by atoms with E-state index < -0.39 is 0 Å². The second kappa shape index (κ2) is 3.52. The molecule has 0 spiro atoms. The van der Waals surface area contributed by atoms with Gasteiger partial charge in [-0.25, -0.2) is 0 Å². The van der Waals surface area contributed by atoms with Crippen LogP contribution in [-0.2, 0) is 5.33 Å². The van der Waals surface area contributed by atoms with Gasteiger partial charge in [0.15, 0.2) is 0 Å². The van der Waals surface area contributed by atoms with Crippen molar-refractivity contribution in [2.75, 3.05) is 0 Å². The predicted molar refractivity (Wildman–Crippen MR) is 63.4 cm³/mol. The van der Waals surface area contributed by atoms with Crippen LogP contribution in [0.5, 0.6) is 5.75 Å². The average Bonchev–Trinajstić information content (AvgIpc) is 2.46. The van der Waals surface area contributed by atoms with Crippen molar-refractivity contribution in [2.24, 2.45) is 0 Å². The van der Waals surface area contributed by atoms with Crippen LogP contribution in [-0.4, -0.2) is 5.11 Å². The molecular weight excluding hydrogens is 268 g/mol. The van der Waals surface area contributed by atoms with Crippen molar-refractivity contribution in [3.05, 3.63) is 23.1 Å². The third-order valence-electron chi connectivity index (χ3n) is 1.90. The normalized spacial score (nSPS) is 10.9. The lowest BCUT2D eigenvalue weighted by atomic mass is 10.2. The first-order chi connectivity index (χ1) is 6.22. The topological polar surface area (TPSA) is 20.2 Å². The second-order valence-electron chi connectivity index (χ2n) is 2.73. The quantitative estimate of drug-likeness (QED) is 0.599. The van der Waals surface area contributed by atoms with E-state index in [-0.39, 0.29) is 0 Å². The van der Waals surface area contributed by atoms with E-state index in [1.807, 2.05) is 12.1 Å². The molecule has 68 valence electrons. The summed E-state index contributed by atoms with van der Waals surface area (Å²) in [6.07, 6.45) is 0. The van der Waals surface area contributed by atoms with Crippen LogP contribution < -0.4 is 0 Å². The molecule has 2 rings (SSSR count). The molecule has 0 unspecified atom stereocenters. The predicted octanol–water partition coefficient (Wildman–Crippen LogP) is 3.79. The first-order valence-corrected chi connectivity index (χ1v) is 6.15. The summed E-state index contributed by atoms with van der Waals surface area (Å²) in [5.41, 5.74) is 1.10. The molecule has 0 saturated heterocycles. The van der Waals surface area contributed by atoms with Crippen LogP contribution in [0.1, 0.15) is 5.56 Å². The molecule has 1 aromatic heterocycles. The number of halogens is 1. The van der Waals surface area contributed by atoms with Gasteiger partial charge >= 0.3 is 0 Å². The van der Waals surface area contributed by atoms with Gasteiger partial charge in [-0.15, -0.1) is 24.0 Å². The van der Waals surface area contributed by atoms with Gasteiger partial charge in [0.25, 0.3) is 0 Å². The van der Waals surface area contributed by atoms with Gasteiger partial charge in [-0.2, -0.15) is 0 Å². The maximum Gasteiger partial charge on any atom is 0.134 e. The molecule has 2 aromatic rings. The van der Waals surface area contributed by atoms with E-state index in [9.17, 15) is 5.11 Å². The molecule has 0 amide bonds. The van der Waals surface area contributed by atoms with E-state index in [1.165, 1.54) is 11.3 Å². The van der Waals surface area contributed by atoms with Crippen molar-refractivity contribution in [3.63, 3.8) is 0 Å². The molecule has 13 heavy (non-hydrogen) atoms. The lowest BCUT2D eigenvalue weighted by Crippen LogP contribution is -1.79.